The van der Waals surface area contributed by atoms with E-state index in [1.54, 1.807) is 23.1 Å². The van der Waals surface area contributed by atoms with Crippen LogP contribution in [0.1, 0.15) is 6.42 Å². The van der Waals surface area contributed by atoms with Gasteiger partial charge in [0.05, 0.1) is 9.90 Å². The fourth-order valence-corrected chi connectivity index (χ4v) is 2.96. The number of thiophene rings is 1. The van der Waals surface area contributed by atoms with Crippen molar-refractivity contribution in [3.05, 3.63) is 11.4 Å². The van der Waals surface area contributed by atoms with Crippen molar-refractivity contribution in [2.45, 2.75) is 10.6 Å². The van der Waals surface area contributed by atoms with Crippen molar-refractivity contribution in [3.63, 3.8) is 0 Å². The fourth-order valence-electron chi connectivity index (χ4n) is 0.949. The van der Waals surface area contributed by atoms with Gasteiger partial charge in [0, 0.05) is 12.2 Å². The number of hydrogen-bond acceptors (Lipinski definition) is 3. The highest BCUT2D eigenvalue weighted by molar-refractivity contribution is 8.01. The van der Waals surface area contributed by atoms with Gasteiger partial charge >= 0.3 is 0 Å². The van der Waals surface area contributed by atoms with E-state index in [4.69, 9.17) is 0 Å². The molecular formula is C7H7NOS2. The third-order valence-corrected chi connectivity index (χ3v) is 3.70. The Kier molecular flexibility index (Phi) is 1.87. The summed E-state index contributed by atoms with van der Waals surface area (Å²) >= 11 is 3.44. The van der Waals surface area contributed by atoms with Crippen LogP contribution in [0.25, 0.3) is 0 Å². The average Bonchev–Trinajstić information content (AvgIpc) is 2.31. The first-order chi connectivity index (χ1) is 5.36. The van der Waals surface area contributed by atoms with Gasteiger partial charge in [-0.2, -0.15) is 0 Å². The van der Waals surface area contributed by atoms with Crippen molar-refractivity contribution in [1.82, 2.24) is 0 Å². The number of carbonyl (C=O) groups is 1. The van der Waals surface area contributed by atoms with Gasteiger partial charge in [-0.3, -0.25) is 4.79 Å². The number of carbonyl (C=O) groups excluding carboxylic acids is 1. The van der Waals surface area contributed by atoms with Gasteiger partial charge < -0.3 is 5.32 Å². The zero-order valence-electron chi connectivity index (χ0n) is 5.79. The molecule has 2 heterocycles. The quantitative estimate of drug-likeness (QED) is 0.671. The molecule has 1 aromatic heterocycles. The Labute approximate surface area is 73.0 Å². The van der Waals surface area contributed by atoms with Gasteiger partial charge in [0.2, 0.25) is 5.91 Å². The summed E-state index contributed by atoms with van der Waals surface area (Å²) in [6, 6.07) is 1.95. The molecule has 1 aromatic rings. The van der Waals surface area contributed by atoms with E-state index in [0.717, 1.165) is 11.4 Å². The SMILES string of the molecule is O=C1CCSc2sccc2N1. The van der Waals surface area contributed by atoms with Crippen LogP contribution < -0.4 is 5.32 Å². The smallest absolute Gasteiger partial charge is 0.225 e. The maximum Gasteiger partial charge on any atom is 0.225 e. The minimum absolute atomic E-state index is 0.134. The Hall–Kier alpha value is -0.480. The zero-order chi connectivity index (χ0) is 7.68. The van der Waals surface area contributed by atoms with E-state index in [9.17, 15) is 4.79 Å². The van der Waals surface area contributed by atoms with Crippen molar-refractivity contribution in [2.24, 2.45) is 0 Å². The molecule has 0 atom stereocenters. The molecule has 2 rings (SSSR count). The molecule has 0 fully saturated rings. The highest BCUT2D eigenvalue weighted by atomic mass is 32.2. The molecule has 58 valence electrons. The van der Waals surface area contributed by atoms with Gasteiger partial charge in [0.15, 0.2) is 0 Å². The molecule has 1 amide bonds. The van der Waals surface area contributed by atoms with Crippen molar-refractivity contribution >= 4 is 34.7 Å². The number of rotatable bonds is 0. The maximum absolute atomic E-state index is 11.0. The number of hydrogen-bond donors (Lipinski definition) is 1. The van der Waals surface area contributed by atoms with Crippen LogP contribution in [0.4, 0.5) is 5.69 Å². The van der Waals surface area contributed by atoms with Crippen LogP contribution in [0, 0.1) is 0 Å². The number of fused-ring (bicyclic) bond motifs is 1. The van der Waals surface area contributed by atoms with E-state index in [1.807, 2.05) is 11.4 Å². The first kappa shape index (κ1) is 7.18. The minimum Gasteiger partial charge on any atom is -0.324 e. The number of anilines is 1. The first-order valence-electron chi connectivity index (χ1n) is 3.36. The molecule has 11 heavy (non-hydrogen) atoms. The lowest BCUT2D eigenvalue weighted by atomic mass is 10.4. The molecule has 0 unspecified atom stereocenters. The van der Waals surface area contributed by atoms with Crippen molar-refractivity contribution in [2.75, 3.05) is 11.1 Å². The van der Waals surface area contributed by atoms with Crippen LogP contribution in [0.3, 0.4) is 0 Å². The van der Waals surface area contributed by atoms with Crippen molar-refractivity contribution in [1.29, 1.82) is 0 Å². The molecular weight excluding hydrogens is 178 g/mol. The molecule has 0 bridgehead atoms. The molecule has 0 saturated heterocycles. The Balaban J connectivity index is 2.32. The van der Waals surface area contributed by atoms with Gasteiger partial charge in [-0.15, -0.1) is 23.1 Å². The van der Waals surface area contributed by atoms with Gasteiger partial charge in [-0.25, -0.2) is 0 Å². The lowest BCUT2D eigenvalue weighted by Gasteiger charge is -1.96. The summed E-state index contributed by atoms with van der Waals surface area (Å²) in [5, 5.41) is 4.86. The van der Waals surface area contributed by atoms with E-state index in [1.165, 1.54) is 4.21 Å². The second-order valence-electron chi connectivity index (χ2n) is 2.27. The number of nitrogens with one attached hydrogen (secondary N) is 1. The number of thioether (sulfide) groups is 1. The van der Waals surface area contributed by atoms with Crippen LogP contribution in [-0.2, 0) is 4.79 Å². The predicted octanol–water partition coefficient (Wildman–Crippen LogP) is 2.18. The van der Waals surface area contributed by atoms with E-state index in [0.29, 0.717) is 6.42 Å². The van der Waals surface area contributed by atoms with Gasteiger partial charge in [0.25, 0.3) is 0 Å². The van der Waals surface area contributed by atoms with Gasteiger partial charge in [0.1, 0.15) is 0 Å². The molecule has 4 heteroatoms. The van der Waals surface area contributed by atoms with Crippen LogP contribution >= 0.6 is 23.1 Å². The molecule has 0 aliphatic carbocycles. The summed E-state index contributed by atoms with van der Waals surface area (Å²) < 4.78 is 1.23. The highest BCUT2D eigenvalue weighted by Gasteiger charge is 2.13. The largest absolute Gasteiger partial charge is 0.324 e. The fraction of sp³-hybridized carbons (Fsp3) is 0.286. The van der Waals surface area contributed by atoms with Crippen LogP contribution in [0.15, 0.2) is 15.7 Å². The molecule has 0 saturated carbocycles. The second kappa shape index (κ2) is 2.87. The van der Waals surface area contributed by atoms with E-state index >= 15 is 0 Å². The summed E-state index contributed by atoms with van der Waals surface area (Å²) in [5.41, 5.74) is 0.988. The van der Waals surface area contributed by atoms with Gasteiger partial charge in [-0.05, 0) is 11.4 Å². The Morgan fingerprint density at radius 3 is 3.36 bits per heavy atom. The molecule has 0 spiro atoms. The second-order valence-corrected chi connectivity index (χ2v) is 4.55. The first-order valence-corrected chi connectivity index (χ1v) is 5.23. The third-order valence-electron chi connectivity index (χ3n) is 1.47. The summed E-state index contributed by atoms with van der Waals surface area (Å²) in [6.07, 6.45) is 0.631. The third kappa shape index (κ3) is 1.41. The lowest BCUT2D eigenvalue weighted by Crippen LogP contribution is -2.09. The van der Waals surface area contributed by atoms with Crippen LogP contribution in [0.2, 0.25) is 0 Å². The Bertz CT molecular complexity index is 282. The summed E-state index contributed by atoms with van der Waals surface area (Å²) in [5.74, 6) is 1.04. The summed E-state index contributed by atoms with van der Waals surface area (Å²) in [4.78, 5) is 11.0. The highest BCUT2D eigenvalue weighted by Crippen LogP contribution is 2.35. The van der Waals surface area contributed by atoms with Crippen molar-refractivity contribution < 1.29 is 4.79 Å². The van der Waals surface area contributed by atoms with E-state index < -0.39 is 0 Å². The molecule has 1 aliphatic rings. The van der Waals surface area contributed by atoms with Gasteiger partial charge in [-0.1, -0.05) is 0 Å². The lowest BCUT2D eigenvalue weighted by molar-refractivity contribution is -0.115. The average molecular weight is 185 g/mol. The minimum atomic E-state index is 0.134. The molecule has 1 aliphatic heterocycles. The molecule has 1 N–H and O–H groups in total. The standard InChI is InChI=1S/C7H7NOS2/c9-6-2-4-11-7-5(8-6)1-3-10-7/h1,3H,2,4H2,(H,8,9). The topological polar surface area (TPSA) is 29.1 Å². The zero-order valence-corrected chi connectivity index (χ0v) is 7.43. The Morgan fingerprint density at radius 1 is 1.55 bits per heavy atom. The van der Waals surface area contributed by atoms with Crippen LogP contribution in [0.5, 0.6) is 0 Å². The summed E-state index contributed by atoms with van der Waals surface area (Å²) in [7, 11) is 0. The molecule has 0 aromatic carbocycles. The molecule has 0 radical (unpaired) electrons. The van der Waals surface area contributed by atoms with Crippen LogP contribution in [-0.4, -0.2) is 11.7 Å². The van der Waals surface area contributed by atoms with E-state index in [2.05, 4.69) is 5.32 Å². The van der Waals surface area contributed by atoms with E-state index in [-0.39, 0.29) is 5.91 Å². The molecule has 2 nitrogen and oxygen atoms in total. The van der Waals surface area contributed by atoms with Crippen molar-refractivity contribution in [3.8, 4) is 0 Å². The monoisotopic (exact) mass is 185 g/mol. The number of amides is 1. The predicted molar refractivity (Wildman–Crippen MR) is 48.3 cm³/mol. The normalized spacial score (nSPS) is 16.9. The maximum atomic E-state index is 11.0. The summed E-state index contributed by atoms with van der Waals surface area (Å²) in [6.45, 7) is 0. The Morgan fingerprint density at radius 2 is 2.45 bits per heavy atom.